The van der Waals surface area contributed by atoms with Crippen molar-refractivity contribution < 1.29 is 14.8 Å². The molecule has 0 aromatic carbocycles. The Morgan fingerprint density at radius 3 is 3.00 bits per heavy atom. The van der Waals surface area contributed by atoms with E-state index in [1.807, 2.05) is 0 Å². The smallest absolute Gasteiger partial charge is 0.404 e. The van der Waals surface area contributed by atoms with Gasteiger partial charge in [0.15, 0.2) is 0 Å². The summed E-state index contributed by atoms with van der Waals surface area (Å²) in [6.45, 7) is 0.425. The van der Waals surface area contributed by atoms with Gasteiger partial charge >= 0.3 is 11.8 Å². The van der Waals surface area contributed by atoms with E-state index in [0.717, 1.165) is 6.20 Å². The lowest BCUT2D eigenvalue weighted by Gasteiger charge is -1.99. The molecule has 0 spiro atoms. The standard InChI is InChI=1S/C6H8N4O4/c11-6(12)7-1-2-9-4-5(3-8-9)10(13)14/h3-4,7H,1-2H2,(H,11,12). The van der Waals surface area contributed by atoms with E-state index in [1.165, 1.54) is 10.9 Å². The largest absolute Gasteiger partial charge is 0.465 e. The molecule has 0 aliphatic carbocycles. The second kappa shape index (κ2) is 4.21. The van der Waals surface area contributed by atoms with Crippen LogP contribution in [-0.4, -0.2) is 32.4 Å². The van der Waals surface area contributed by atoms with E-state index in [4.69, 9.17) is 5.11 Å². The van der Waals surface area contributed by atoms with Gasteiger partial charge < -0.3 is 10.4 Å². The van der Waals surface area contributed by atoms with Crippen LogP contribution in [0, 0.1) is 10.1 Å². The number of carboxylic acid groups (broad SMARTS) is 1. The predicted octanol–water partition coefficient (Wildman–Crippen LogP) is 0.0589. The van der Waals surface area contributed by atoms with Crippen LogP contribution < -0.4 is 5.32 Å². The second-order valence-electron chi connectivity index (χ2n) is 2.45. The lowest BCUT2D eigenvalue weighted by molar-refractivity contribution is -0.385. The molecular formula is C6H8N4O4. The summed E-state index contributed by atoms with van der Waals surface area (Å²) in [4.78, 5) is 19.7. The summed E-state index contributed by atoms with van der Waals surface area (Å²) in [5, 5.41) is 24.3. The molecule has 0 saturated heterocycles. The van der Waals surface area contributed by atoms with E-state index in [2.05, 4.69) is 10.4 Å². The molecular weight excluding hydrogens is 192 g/mol. The van der Waals surface area contributed by atoms with Crippen molar-refractivity contribution in [2.75, 3.05) is 6.54 Å². The van der Waals surface area contributed by atoms with E-state index in [0.29, 0.717) is 0 Å². The number of nitrogens with one attached hydrogen (secondary N) is 1. The minimum Gasteiger partial charge on any atom is -0.465 e. The normalized spacial score (nSPS) is 9.71. The summed E-state index contributed by atoms with van der Waals surface area (Å²) >= 11 is 0. The van der Waals surface area contributed by atoms with E-state index in [9.17, 15) is 14.9 Å². The zero-order chi connectivity index (χ0) is 10.6. The number of nitrogens with zero attached hydrogens (tertiary/aromatic N) is 3. The van der Waals surface area contributed by atoms with Crippen molar-refractivity contribution in [2.24, 2.45) is 0 Å². The fourth-order valence-corrected chi connectivity index (χ4v) is 0.847. The highest BCUT2D eigenvalue weighted by Crippen LogP contribution is 2.06. The SMILES string of the molecule is O=C(O)NCCn1cc([N+](=O)[O-])cn1. The second-order valence-corrected chi connectivity index (χ2v) is 2.45. The van der Waals surface area contributed by atoms with Crippen LogP contribution in [-0.2, 0) is 6.54 Å². The molecule has 1 amide bonds. The molecule has 14 heavy (non-hydrogen) atoms. The summed E-state index contributed by atoms with van der Waals surface area (Å²) in [6.07, 6.45) is 1.22. The molecule has 8 heteroatoms. The Labute approximate surface area is 78.3 Å². The van der Waals surface area contributed by atoms with E-state index in [-0.39, 0.29) is 18.8 Å². The number of hydrogen-bond donors (Lipinski definition) is 2. The quantitative estimate of drug-likeness (QED) is 0.527. The molecule has 1 heterocycles. The lowest BCUT2D eigenvalue weighted by Crippen LogP contribution is -2.25. The van der Waals surface area contributed by atoms with Crippen LogP contribution in [0.15, 0.2) is 12.4 Å². The maximum atomic E-state index is 10.2. The van der Waals surface area contributed by atoms with Crippen molar-refractivity contribution >= 4 is 11.8 Å². The van der Waals surface area contributed by atoms with Crippen molar-refractivity contribution in [2.45, 2.75) is 6.54 Å². The number of carbonyl (C=O) groups is 1. The van der Waals surface area contributed by atoms with Crippen molar-refractivity contribution in [1.29, 1.82) is 0 Å². The summed E-state index contributed by atoms with van der Waals surface area (Å²) in [6, 6.07) is 0. The Balaban J connectivity index is 2.44. The number of aromatic nitrogens is 2. The molecule has 0 atom stereocenters. The van der Waals surface area contributed by atoms with Crippen LogP contribution in [0.2, 0.25) is 0 Å². The Morgan fingerprint density at radius 2 is 2.50 bits per heavy atom. The van der Waals surface area contributed by atoms with Gasteiger partial charge in [-0.05, 0) is 0 Å². The van der Waals surface area contributed by atoms with Gasteiger partial charge in [0.1, 0.15) is 12.4 Å². The first-order valence-corrected chi connectivity index (χ1v) is 3.73. The minimum atomic E-state index is -1.13. The van der Waals surface area contributed by atoms with E-state index < -0.39 is 11.0 Å². The maximum absolute atomic E-state index is 10.2. The highest BCUT2D eigenvalue weighted by molar-refractivity contribution is 5.64. The van der Waals surface area contributed by atoms with Gasteiger partial charge in [-0.3, -0.25) is 14.8 Å². The third-order valence-corrected chi connectivity index (χ3v) is 1.45. The number of nitro groups is 1. The van der Waals surface area contributed by atoms with Crippen LogP contribution in [0.5, 0.6) is 0 Å². The first-order valence-electron chi connectivity index (χ1n) is 3.73. The molecule has 1 aromatic heterocycles. The Morgan fingerprint density at radius 1 is 1.79 bits per heavy atom. The fourth-order valence-electron chi connectivity index (χ4n) is 0.847. The zero-order valence-electron chi connectivity index (χ0n) is 7.08. The lowest BCUT2D eigenvalue weighted by atomic mass is 10.6. The van der Waals surface area contributed by atoms with Gasteiger partial charge in [0.25, 0.3) is 0 Å². The topological polar surface area (TPSA) is 110 Å². The number of rotatable bonds is 4. The monoisotopic (exact) mass is 200 g/mol. The van der Waals surface area contributed by atoms with Gasteiger partial charge in [-0.25, -0.2) is 4.79 Å². The number of amides is 1. The summed E-state index contributed by atoms with van der Waals surface area (Å²) in [5.74, 6) is 0. The molecule has 0 aliphatic heterocycles. The van der Waals surface area contributed by atoms with Crippen molar-refractivity contribution in [3.05, 3.63) is 22.5 Å². The average Bonchev–Trinajstić information content (AvgIpc) is 2.52. The molecule has 1 aromatic rings. The third-order valence-electron chi connectivity index (χ3n) is 1.45. The molecule has 0 bridgehead atoms. The highest BCUT2D eigenvalue weighted by Gasteiger charge is 2.08. The molecule has 8 nitrogen and oxygen atoms in total. The zero-order valence-corrected chi connectivity index (χ0v) is 7.08. The van der Waals surface area contributed by atoms with Crippen LogP contribution in [0.3, 0.4) is 0 Å². The average molecular weight is 200 g/mol. The van der Waals surface area contributed by atoms with Gasteiger partial charge in [-0.2, -0.15) is 5.10 Å². The maximum Gasteiger partial charge on any atom is 0.404 e. The van der Waals surface area contributed by atoms with E-state index >= 15 is 0 Å². The molecule has 0 fully saturated rings. The number of hydrogen-bond acceptors (Lipinski definition) is 4. The van der Waals surface area contributed by atoms with Gasteiger partial charge in [-0.15, -0.1) is 0 Å². The third kappa shape index (κ3) is 2.73. The Bertz CT molecular complexity index is 347. The van der Waals surface area contributed by atoms with Gasteiger partial charge in [0.05, 0.1) is 11.5 Å². The predicted molar refractivity (Wildman–Crippen MR) is 44.9 cm³/mol. The van der Waals surface area contributed by atoms with Crippen molar-refractivity contribution in [1.82, 2.24) is 15.1 Å². The Kier molecular flexibility index (Phi) is 3.00. The van der Waals surface area contributed by atoms with Crippen molar-refractivity contribution in [3.63, 3.8) is 0 Å². The summed E-state index contributed by atoms with van der Waals surface area (Å²) < 4.78 is 1.30. The molecule has 0 radical (unpaired) electrons. The van der Waals surface area contributed by atoms with Crippen LogP contribution in [0.25, 0.3) is 0 Å². The summed E-state index contributed by atoms with van der Waals surface area (Å²) in [5.41, 5.74) is -0.111. The first-order chi connectivity index (χ1) is 6.59. The minimum absolute atomic E-state index is 0.111. The first kappa shape index (κ1) is 9.96. The molecule has 1 rings (SSSR count). The van der Waals surface area contributed by atoms with Gasteiger partial charge in [0, 0.05) is 6.54 Å². The molecule has 0 saturated carbocycles. The fraction of sp³-hybridized carbons (Fsp3) is 0.333. The van der Waals surface area contributed by atoms with Gasteiger partial charge in [-0.1, -0.05) is 0 Å². The molecule has 0 aliphatic rings. The van der Waals surface area contributed by atoms with Crippen LogP contribution in [0.1, 0.15) is 0 Å². The van der Waals surface area contributed by atoms with E-state index in [1.54, 1.807) is 0 Å². The molecule has 76 valence electrons. The highest BCUT2D eigenvalue weighted by atomic mass is 16.6. The van der Waals surface area contributed by atoms with Gasteiger partial charge in [0.2, 0.25) is 0 Å². The van der Waals surface area contributed by atoms with Crippen LogP contribution >= 0.6 is 0 Å². The molecule has 0 unspecified atom stereocenters. The van der Waals surface area contributed by atoms with Crippen LogP contribution in [0.4, 0.5) is 10.5 Å². The summed E-state index contributed by atoms with van der Waals surface area (Å²) in [7, 11) is 0. The van der Waals surface area contributed by atoms with Crippen molar-refractivity contribution in [3.8, 4) is 0 Å². The molecule has 2 N–H and O–H groups in total. The Hall–Kier alpha value is -2.12.